The standard InChI is InChI=1S/C18H17N3O2S2/c22-25(23,13-14-4-2-1-3-5-14)20-16-8-6-15(7-9-16)17-12-24-18-19-10-11-21(17)18/h1-9,12,20H,10-11,13H2. The van der Waals surface area contributed by atoms with Gasteiger partial charge in [0.1, 0.15) is 0 Å². The number of rotatable bonds is 5. The quantitative estimate of drug-likeness (QED) is 0.876. The fourth-order valence-corrected chi connectivity index (χ4v) is 5.03. The summed E-state index contributed by atoms with van der Waals surface area (Å²) in [5.74, 6) is -0.0367. The van der Waals surface area contributed by atoms with Gasteiger partial charge in [-0.05, 0) is 23.3 Å². The third-order valence-electron chi connectivity index (χ3n) is 4.02. The topological polar surface area (TPSA) is 61.8 Å². The molecule has 4 rings (SSSR count). The van der Waals surface area contributed by atoms with Crippen LogP contribution >= 0.6 is 11.8 Å². The SMILES string of the molecule is O=S(=O)(Cc1ccccc1)Nc1ccc(C2=CSC3=NCCN23)cc1. The van der Waals surface area contributed by atoms with Gasteiger partial charge in [-0.2, -0.15) is 0 Å². The van der Waals surface area contributed by atoms with E-state index in [1.807, 2.05) is 42.5 Å². The second-order valence-corrected chi connectivity index (χ2v) is 8.42. The van der Waals surface area contributed by atoms with E-state index in [1.54, 1.807) is 23.9 Å². The highest BCUT2D eigenvalue weighted by molar-refractivity contribution is 8.16. The maximum atomic E-state index is 12.3. The number of amidine groups is 1. The minimum Gasteiger partial charge on any atom is -0.318 e. The van der Waals surface area contributed by atoms with Crippen LogP contribution in [0.1, 0.15) is 11.1 Å². The van der Waals surface area contributed by atoms with E-state index in [-0.39, 0.29) is 5.75 Å². The van der Waals surface area contributed by atoms with Gasteiger partial charge in [0.05, 0.1) is 18.0 Å². The van der Waals surface area contributed by atoms with E-state index in [0.29, 0.717) is 5.69 Å². The molecule has 7 heteroatoms. The average molecular weight is 371 g/mol. The second-order valence-electron chi connectivity index (χ2n) is 5.86. The Balaban J connectivity index is 1.46. The third kappa shape index (κ3) is 3.57. The summed E-state index contributed by atoms with van der Waals surface area (Å²) in [6.45, 7) is 1.73. The van der Waals surface area contributed by atoms with E-state index >= 15 is 0 Å². The van der Waals surface area contributed by atoms with E-state index in [4.69, 9.17) is 0 Å². The molecule has 0 radical (unpaired) electrons. The van der Waals surface area contributed by atoms with Crippen molar-refractivity contribution in [3.05, 3.63) is 71.1 Å². The number of anilines is 1. The van der Waals surface area contributed by atoms with Crippen molar-refractivity contribution in [3.8, 4) is 0 Å². The highest BCUT2D eigenvalue weighted by atomic mass is 32.2. The Hall–Kier alpha value is -2.25. The van der Waals surface area contributed by atoms with Gasteiger partial charge in [0.25, 0.3) is 0 Å². The Morgan fingerprint density at radius 3 is 2.60 bits per heavy atom. The molecular formula is C18H17N3O2S2. The predicted octanol–water partition coefficient (Wildman–Crippen LogP) is 3.35. The molecule has 0 bridgehead atoms. The molecule has 0 atom stereocenters. The van der Waals surface area contributed by atoms with E-state index in [0.717, 1.165) is 35.1 Å². The van der Waals surface area contributed by atoms with Crippen LogP contribution in [0.5, 0.6) is 0 Å². The largest absolute Gasteiger partial charge is 0.318 e. The van der Waals surface area contributed by atoms with Crippen molar-refractivity contribution < 1.29 is 8.42 Å². The number of aliphatic imine (C=N–C) groups is 1. The van der Waals surface area contributed by atoms with Crippen LogP contribution < -0.4 is 4.72 Å². The highest BCUT2D eigenvalue weighted by Crippen LogP contribution is 2.35. The molecule has 0 aliphatic carbocycles. The summed E-state index contributed by atoms with van der Waals surface area (Å²) in [6.07, 6.45) is 0. The first kappa shape index (κ1) is 16.2. The summed E-state index contributed by atoms with van der Waals surface area (Å²) >= 11 is 1.63. The van der Waals surface area contributed by atoms with Crippen molar-refractivity contribution in [3.63, 3.8) is 0 Å². The van der Waals surface area contributed by atoms with Crippen LogP contribution in [-0.4, -0.2) is 31.6 Å². The van der Waals surface area contributed by atoms with Gasteiger partial charge < -0.3 is 4.90 Å². The van der Waals surface area contributed by atoms with Crippen LogP contribution in [0.25, 0.3) is 5.70 Å². The first-order valence-electron chi connectivity index (χ1n) is 7.94. The molecule has 0 fully saturated rings. The van der Waals surface area contributed by atoms with Gasteiger partial charge in [-0.15, -0.1) is 0 Å². The van der Waals surface area contributed by atoms with E-state index < -0.39 is 10.0 Å². The summed E-state index contributed by atoms with van der Waals surface area (Å²) < 4.78 is 27.3. The van der Waals surface area contributed by atoms with Crippen LogP contribution in [0.15, 0.2) is 65.0 Å². The van der Waals surface area contributed by atoms with Crippen LogP contribution in [0.3, 0.4) is 0 Å². The van der Waals surface area contributed by atoms with E-state index in [1.165, 1.54) is 0 Å². The van der Waals surface area contributed by atoms with Crippen LogP contribution in [0.2, 0.25) is 0 Å². The van der Waals surface area contributed by atoms with Gasteiger partial charge in [0.2, 0.25) is 10.0 Å². The molecule has 2 heterocycles. The van der Waals surface area contributed by atoms with Crippen LogP contribution in [-0.2, 0) is 15.8 Å². The van der Waals surface area contributed by atoms with Crippen molar-refractivity contribution in [1.29, 1.82) is 0 Å². The van der Waals surface area contributed by atoms with Gasteiger partial charge in [-0.25, -0.2) is 8.42 Å². The van der Waals surface area contributed by atoms with E-state index in [9.17, 15) is 8.42 Å². The molecule has 0 spiro atoms. The Morgan fingerprint density at radius 2 is 1.84 bits per heavy atom. The molecule has 0 amide bonds. The smallest absolute Gasteiger partial charge is 0.236 e. The maximum absolute atomic E-state index is 12.3. The lowest BCUT2D eigenvalue weighted by Gasteiger charge is -2.17. The summed E-state index contributed by atoms with van der Waals surface area (Å²) in [7, 11) is -3.43. The number of thioether (sulfide) groups is 1. The molecule has 1 N–H and O–H groups in total. The summed E-state index contributed by atoms with van der Waals surface area (Å²) in [5, 5.41) is 3.13. The molecule has 5 nitrogen and oxygen atoms in total. The van der Waals surface area contributed by atoms with Crippen LogP contribution in [0.4, 0.5) is 5.69 Å². The maximum Gasteiger partial charge on any atom is 0.236 e. The molecule has 128 valence electrons. The molecule has 2 aliphatic rings. The highest BCUT2D eigenvalue weighted by Gasteiger charge is 2.26. The first-order chi connectivity index (χ1) is 12.1. The predicted molar refractivity (Wildman–Crippen MR) is 104 cm³/mol. The number of sulfonamides is 1. The minimum atomic E-state index is -3.43. The normalized spacial score (nSPS) is 16.4. The zero-order valence-corrected chi connectivity index (χ0v) is 15.1. The number of benzene rings is 2. The number of hydrogen-bond donors (Lipinski definition) is 1. The van der Waals surface area contributed by atoms with Gasteiger partial charge in [-0.1, -0.05) is 54.2 Å². The number of nitrogens with one attached hydrogen (secondary N) is 1. The van der Waals surface area contributed by atoms with Gasteiger partial charge in [0, 0.05) is 17.6 Å². The van der Waals surface area contributed by atoms with Gasteiger partial charge in [0.15, 0.2) is 5.17 Å². The van der Waals surface area contributed by atoms with Crippen molar-refractivity contribution in [2.24, 2.45) is 4.99 Å². The fourth-order valence-electron chi connectivity index (χ4n) is 2.87. The molecule has 0 saturated heterocycles. The minimum absolute atomic E-state index is 0.0367. The molecule has 0 unspecified atom stereocenters. The molecular weight excluding hydrogens is 354 g/mol. The zero-order valence-electron chi connectivity index (χ0n) is 13.4. The van der Waals surface area contributed by atoms with Crippen molar-refractivity contribution in [2.45, 2.75) is 5.75 Å². The van der Waals surface area contributed by atoms with Gasteiger partial charge >= 0.3 is 0 Å². The van der Waals surface area contributed by atoms with Crippen LogP contribution in [0, 0.1) is 0 Å². The zero-order chi connectivity index (χ0) is 17.3. The Kier molecular flexibility index (Phi) is 4.27. The van der Waals surface area contributed by atoms with Crippen molar-refractivity contribution in [1.82, 2.24) is 4.90 Å². The van der Waals surface area contributed by atoms with E-state index in [2.05, 4.69) is 20.0 Å². The summed E-state index contributed by atoms with van der Waals surface area (Å²) in [6, 6.07) is 16.6. The lowest BCUT2D eigenvalue weighted by Crippen LogP contribution is -2.19. The molecule has 2 aliphatic heterocycles. The fraction of sp³-hybridized carbons (Fsp3) is 0.167. The lowest BCUT2D eigenvalue weighted by molar-refractivity contribution is 0.600. The summed E-state index contributed by atoms with van der Waals surface area (Å²) in [4.78, 5) is 6.63. The first-order valence-corrected chi connectivity index (χ1v) is 10.5. The Bertz CT molecular complexity index is 936. The van der Waals surface area contributed by atoms with Crippen molar-refractivity contribution >= 4 is 38.3 Å². The van der Waals surface area contributed by atoms with Gasteiger partial charge in [-0.3, -0.25) is 9.71 Å². The second kappa shape index (κ2) is 6.57. The molecule has 0 saturated carbocycles. The lowest BCUT2D eigenvalue weighted by atomic mass is 10.1. The molecule has 0 aromatic heterocycles. The van der Waals surface area contributed by atoms with Crippen molar-refractivity contribution in [2.75, 3.05) is 17.8 Å². The summed E-state index contributed by atoms with van der Waals surface area (Å²) in [5.41, 5.74) is 3.52. The monoisotopic (exact) mass is 371 g/mol. The number of nitrogens with zero attached hydrogens (tertiary/aromatic N) is 2. The Labute approximate surface area is 151 Å². The number of fused-ring (bicyclic) bond motifs is 1. The third-order valence-corrected chi connectivity index (χ3v) is 6.18. The molecule has 2 aromatic rings. The number of hydrogen-bond acceptors (Lipinski definition) is 5. The average Bonchev–Trinajstić information content (AvgIpc) is 3.19. The molecule has 25 heavy (non-hydrogen) atoms. The molecule has 2 aromatic carbocycles. The Morgan fingerprint density at radius 1 is 1.08 bits per heavy atom.